The molecule has 19 heavy (non-hydrogen) atoms. The lowest BCUT2D eigenvalue weighted by Gasteiger charge is -2.18. The zero-order valence-corrected chi connectivity index (χ0v) is 11.4. The Balaban J connectivity index is 2.16. The first-order valence-electron chi connectivity index (χ1n) is 6.65. The molecule has 1 aromatic heterocycles. The van der Waals surface area contributed by atoms with Gasteiger partial charge in [-0.15, -0.1) is 0 Å². The van der Waals surface area contributed by atoms with Crippen LogP contribution < -0.4 is 0 Å². The molecule has 0 aliphatic carbocycles. The molecule has 2 aromatic rings. The number of ketones is 1. The number of carbonyl (C=O) groups excluding carboxylic acids is 1. The molecule has 2 heteroatoms. The van der Waals surface area contributed by atoms with Gasteiger partial charge in [0.1, 0.15) is 5.78 Å². The summed E-state index contributed by atoms with van der Waals surface area (Å²) >= 11 is 0. The molecule has 0 bridgehead atoms. The van der Waals surface area contributed by atoms with Crippen LogP contribution in [-0.2, 0) is 4.79 Å². The van der Waals surface area contributed by atoms with E-state index in [4.69, 9.17) is 0 Å². The van der Waals surface area contributed by atoms with Crippen molar-refractivity contribution in [3.05, 3.63) is 66.0 Å². The largest absolute Gasteiger partial charge is 0.299 e. The molecule has 0 saturated carbocycles. The topological polar surface area (TPSA) is 30.0 Å². The van der Waals surface area contributed by atoms with Crippen molar-refractivity contribution >= 4 is 5.78 Å². The van der Waals surface area contributed by atoms with Gasteiger partial charge in [-0.1, -0.05) is 43.3 Å². The summed E-state index contributed by atoms with van der Waals surface area (Å²) in [7, 11) is 0. The Hall–Kier alpha value is -1.96. The fraction of sp³-hybridized carbons (Fsp3) is 0.294. The van der Waals surface area contributed by atoms with E-state index in [9.17, 15) is 4.79 Å². The summed E-state index contributed by atoms with van der Waals surface area (Å²) in [6, 6.07) is 16.1. The summed E-state index contributed by atoms with van der Waals surface area (Å²) in [5.74, 6) is 0.412. The zero-order valence-electron chi connectivity index (χ0n) is 11.4. The van der Waals surface area contributed by atoms with Crippen LogP contribution in [0, 0.1) is 0 Å². The van der Waals surface area contributed by atoms with Crippen LogP contribution in [0.3, 0.4) is 0 Å². The van der Waals surface area contributed by atoms with Crippen LogP contribution in [0.1, 0.15) is 43.4 Å². The van der Waals surface area contributed by atoms with Gasteiger partial charge in [0.2, 0.25) is 0 Å². The van der Waals surface area contributed by atoms with Crippen LogP contribution in [0.15, 0.2) is 54.7 Å². The molecule has 1 heterocycles. The second-order valence-electron chi connectivity index (χ2n) is 4.97. The van der Waals surface area contributed by atoms with Gasteiger partial charge in [0.15, 0.2) is 0 Å². The molecule has 0 amide bonds. The Bertz CT molecular complexity index is 521. The lowest BCUT2D eigenvalue weighted by Crippen LogP contribution is -2.13. The van der Waals surface area contributed by atoms with Crippen LogP contribution in [0.2, 0.25) is 0 Å². The molecule has 98 valence electrons. The fourth-order valence-electron chi connectivity index (χ4n) is 2.35. The van der Waals surface area contributed by atoms with E-state index in [0.717, 1.165) is 12.1 Å². The van der Waals surface area contributed by atoms with Crippen LogP contribution in [0.4, 0.5) is 0 Å². The van der Waals surface area contributed by atoms with Gasteiger partial charge in [0.25, 0.3) is 0 Å². The Kier molecular flexibility index (Phi) is 4.45. The summed E-state index contributed by atoms with van der Waals surface area (Å²) in [6.07, 6.45) is 2.55. The van der Waals surface area contributed by atoms with Gasteiger partial charge in [-0.2, -0.15) is 0 Å². The van der Waals surface area contributed by atoms with E-state index in [2.05, 4.69) is 24.0 Å². The average molecular weight is 253 g/mol. The zero-order chi connectivity index (χ0) is 13.7. The van der Waals surface area contributed by atoms with Crippen molar-refractivity contribution < 1.29 is 4.79 Å². The summed E-state index contributed by atoms with van der Waals surface area (Å²) in [5.41, 5.74) is 2.14. The third-order valence-corrected chi connectivity index (χ3v) is 3.49. The SMILES string of the molecule is CC(=O)C(CC(C)c1ccccc1)c1ccccn1. The summed E-state index contributed by atoms with van der Waals surface area (Å²) in [5, 5.41) is 0. The molecule has 0 aliphatic heterocycles. The molecule has 1 aromatic carbocycles. The van der Waals surface area contributed by atoms with Crippen molar-refractivity contribution in [2.75, 3.05) is 0 Å². The summed E-state index contributed by atoms with van der Waals surface area (Å²) in [4.78, 5) is 16.2. The number of carbonyl (C=O) groups is 1. The predicted molar refractivity (Wildman–Crippen MR) is 77.1 cm³/mol. The first kappa shape index (κ1) is 13.5. The van der Waals surface area contributed by atoms with Crippen LogP contribution >= 0.6 is 0 Å². The van der Waals surface area contributed by atoms with Crippen molar-refractivity contribution in [3.63, 3.8) is 0 Å². The van der Waals surface area contributed by atoms with Crippen molar-refractivity contribution in [2.24, 2.45) is 0 Å². The van der Waals surface area contributed by atoms with Crippen LogP contribution in [0.5, 0.6) is 0 Å². The van der Waals surface area contributed by atoms with Crippen molar-refractivity contribution in [1.29, 1.82) is 0 Å². The van der Waals surface area contributed by atoms with Gasteiger partial charge in [0.05, 0.1) is 11.6 Å². The number of benzene rings is 1. The number of rotatable bonds is 5. The first-order valence-corrected chi connectivity index (χ1v) is 6.65. The first-order chi connectivity index (χ1) is 9.18. The minimum atomic E-state index is -0.114. The Labute approximate surface area is 114 Å². The van der Waals surface area contributed by atoms with Crippen molar-refractivity contribution in [1.82, 2.24) is 4.98 Å². The highest BCUT2D eigenvalue weighted by Crippen LogP contribution is 2.29. The van der Waals surface area contributed by atoms with Gasteiger partial charge < -0.3 is 0 Å². The van der Waals surface area contributed by atoms with Crippen LogP contribution in [0.25, 0.3) is 0 Å². The number of pyridine rings is 1. The minimum absolute atomic E-state index is 0.114. The molecule has 0 aliphatic rings. The van der Waals surface area contributed by atoms with Gasteiger partial charge in [-0.25, -0.2) is 0 Å². The standard InChI is InChI=1S/C17H19NO/c1-13(15-8-4-3-5-9-15)12-16(14(2)19)17-10-6-7-11-18-17/h3-11,13,16H,12H2,1-2H3. The highest BCUT2D eigenvalue weighted by Gasteiger charge is 2.21. The third kappa shape index (κ3) is 3.50. The molecule has 0 N–H and O–H groups in total. The molecule has 2 unspecified atom stereocenters. The van der Waals surface area contributed by atoms with E-state index >= 15 is 0 Å². The highest BCUT2D eigenvalue weighted by atomic mass is 16.1. The van der Waals surface area contributed by atoms with Crippen molar-refractivity contribution in [3.8, 4) is 0 Å². The molecule has 2 atom stereocenters. The molecular weight excluding hydrogens is 234 g/mol. The molecule has 0 saturated heterocycles. The average Bonchev–Trinajstić information content (AvgIpc) is 2.46. The van der Waals surface area contributed by atoms with Crippen LogP contribution in [-0.4, -0.2) is 10.8 Å². The van der Waals surface area contributed by atoms with E-state index in [-0.39, 0.29) is 11.7 Å². The van der Waals surface area contributed by atoms with Gasteiger partial charge in [0, 0.05) is 6.20 Å². The number of aromatic nitrogens is 1. The normalized spacial score (nSPS) is 13.8. The van der Waals surface area contributed by atoms with Gasteiger partial charge in [-0.3, -0.25) is 9.78 Å². The Morgan fingerprint density at radius 3 is 2.37 bits per heavy atom. The second-order valence-corrected chi connectivity index (χ2v) is 4.97. The molecule has 2 rings (SSSR count). The lowest BCUT2D eigenvalue weighted by atomic mass is 9.86. The maximum Gasteiger partial charge on any atom is 0.138 e. The summed E-state index contributed by atoms with van der Waals surface area (Å²) < 4.78 is 0. The Morgan fingerprint density at radius 1 is 1.11 bits per heavy atom. The molecule has 2 nitrogen and oxygen atoms in total. The van der Waals surface area contributed by atoms with Gasteiger partial charge >= 0.3 is 0 Å². The highest BCUT2D eigenvalue weighted by molar-refractivity contribution is 5.82. The van der Waals surface area contributed by atoms with Gasteiger partial charge in [-0.05, 0) is 37.0 Å². The quantitative estimate of drug-likeness (QED) is 0.807. The molecule has 0 fully saturated rings. The van der Waals surface area contributed by atoms with E-state index in [1.807, 2.05) is 36.4 Å². The number of hydrogen-bond donors (Lipinski definition) is 0. The molecule has 0 spiro atoms. The molecular formula is C17H19NO. The number of Topliss-reactive ketones (excluding diaryl/α,β-unsaturated/α-hetero) is 1. The maximum atomic E-state index is 11.9. The monoisotopic (exact) mass is 253 g/mol. The maximum absolute atomic E-state index is 11.9. The predicted octanol–water partition coefficient (Wildman–Crippen LogP) is 3.95. The third-order valence-electron chi connectivity index (χ3n) is 3.49. The minimum Gasteiger partial charge on any atom is -0.299 e. The van der Waals surface area contributed by atoms with E-state index in [1.54, 1.807) is 13.1 Å². The number of nitrogens with zero attached hydrogens (tertiary/aromatic N) is 1. The lowest BCUT2D eigenvalue weighted by molar-refractivity contribution is -0.118. The van der Waals surface area contributed by atoms with E-state index in [1.165, 1.54) is 5.56 Å². The van der Waals surface area contributed by atoms with E-state index < -0.39 is 0 Å². The number of hydrogen-bond acceptors (Lipinski definition) is 2. The molecule has 0 radical (unpaired) electrons. The fourth-order valence-corrected chi connectivity index (χ4v) is 2.35. The second kappa shape index (κ2) is 6.28. The van der Waals surface area contributed by atoms with Crippen molar-refractivity contribution in [2.45, 2.75) is 32.1 Å². The summed E-state index contributed by atoms with van der Waals surface area (Å²) in [6.45, 7) is 3.81. The smallest absolute Gasteiger partial charge is 0.138 e. The van der Waals surface area contributed by atoms with E-state index in [0.29, 0.717) is 5.92 Å². The Morgan fingerprint density at radius 2 is 1.79 bits per heavy atom.